The summed E-state index contributed by atoms with van der Waals surface area (Å²) in [5.74, 6) is 0.623. The molecule has 0 aliphatic rings. The predicted octanol–water partition coefficient (Wildman–Crippen LogP) is 1.57. The van der Waals surface area contributed by atoms with Gasteiger partial charge >= 0.3 is 0 Å². The predicted molar refractivity (Wildman–Crippen MR) is 43.2 cm³/mol. The van der Waals surface area contributed by atoms with Crippen molar-refractivity contribution in [2.24, 2.45) is 5.73 Å². The van der Waals surface area contributed by atoms with Gasteiger partial charge in [0.2, 0.25) is 0 Å². The van der Waals surface area contributed by atoms with Crippen molar-refractivity contribution >= 4 is 0 Å². The second-order valence-corrected chi connectivity index (χ2v) is 1.94. The topological polar surface area (TPSA) is 35.2 Å². The summed E-state index contributed by atoms with van der Waals surface area (Å²) in [6.45, 7) is 5.41. The van der Waals surface area contributed by atoms with Crippen LogP contribution in [0.4, 0.5) is 0 Å². The van der Waals surface area contributed by atoms with Gasteiger partial charge in [-0.1, -0.05) is 12.7 Å². The van der Waals surface area contributed by atoms with Gasteiger partial charge in [0.1, 0.15) is 5.76 Å². The van der Waals surface area contributed by atoms with E-state index in [4.69, 9.17) is 10.5 Å². The monoisotopic (exact) mass is 139 g/mol. The minimum Gasteiger partial charge on any atom is -0.497 e. The van der Waals surface area contributed by atoms with Crippen LogP contribution < -0.4 is 5.73 Å². The minimum absolute atomic E-state index is 0.623. The zero-order valence-electron chi connectivity index (χ0n) is 6.42. The first-order valence-corrected chi connectivity index (χ1v) is 3.00. The van der Waals surface area contributed by atoms with Crippen LogP contribution >= 0.6 is 0 Å². The van der Waals surface area contributed by atoms with Crippen molar-refractivity contribution in [2.45, 2.75) is 6.92 Å². The molecule has 0 saturated carbocycles. The number of ether oxygens (including phenoxy) is 1. The third-order valence-electron chi connectivity index (χ3n) is 0.903. The van der Waals surface area contributed by atoms with Gasteiger partial charge in [-0.3, -0.25) is 0 Å². The lowest BCUT2D eigenvalue weighted by atomic mass is 10.4. The lowest BCUT2D eigenvalue weighted by molar-refractivity contribution is 0.309. The van der Waals surface area contributed by atoms with Gasteiger partial charge in [-0.05, 0) is 19.1 Å². The molecular formula is C8H13NO. The highest BCUT2D eigenvalue weighted by atomic mass is 16.5. The SMILES string of the molecule is C=C(/C=C\C=C(/C)N)OC. The number of nitrogens with two attached hydrogens (primary N) is 1. The van der Waals surface area contributed by atoms with Gasteiger partial charge in [-0.15, -0.1) is 0 Å². The van der Waals surface area contributed by atoms with Gasteiger partial charge in [-0.25, -0.2) is 0 Å². The van der Waals surface area contributed by atoms with E-state index >= 15 is 0 Å². The summed E-state index contributed by atoms with van der Waals surface area (Å²) in [4.78, 5) is 0. The first-order chi connectivity index (χ1) is 4.66. The quantitative estimate of drug-likeness (QED) is 0.475. The van der Waals surface area contributed by atoms with E-state index < -0.39 is 0 Å². The molecule has 0 aromatic heterocycles. The number of allylic oxidation sites excluding steroid dienone is 4. The Morgan fingerprint density at radius 1 is 1.60 bits per heavy atom. The molecule has 0 atom stereocenters. The average molecular weight is 139 g/mol. The zero-order valence-corrected chi connectivity index (χ0v) is 6.42. The van der Waals surface area contributed by atoms with E-state index in [-0.39, 0.29) is 0 Å². The number of methoxy groups -OCH3 is 1. The van der Waals surface area contributed by atoms with Crippen LogP contribution in [-0.4, -0.2) is 7.11 Å². The lowest BCUT2D eigenvalue weighted by Gasteiger charge is -1.93. The Bertz CT molecular complexity index is 164. The van der Waals surface area contributed by atoms with Crippen molar-refractivity contribution < 1.29 is 4.74 Å². The molecule has 0 aromatic rings. The fraction of sp³-hybridized carbons (Fsp3) is 0.250. The van der Waals surface area contributed by atoms with E-state index in [9.17, 15) is 0 Å². The summed E-state index contributed by atoms with van der Waals surface area (Å²) in [5, 5.41) is 0. The molecule has 0 aromatic carbocycles. The molecule has 10 heavy (non-hydrogen) atoms. The standard InChI is InChI=1S/C8H13NO/c1-7(9)5-4-6-8(2)10-3/h4-6H,2,9H2,1,3H3/b6-4-,7-5+. The molecule has 0 spiro atoms. The van der Waals surface area contributed by atoms with Gasteiger partial charge in [0.05, 0.1) is 7.11 Å². The van der Waals surface area contributed by atoms with Crippen LogP contribution in [0.15, 0.2) is 36.3 Å². The third kappa shape index (κ3) is 4.97. The maximum Gasteiger partial charge on any atom is 0.111 e. The molecule has 2 nitrogen and oxygen atoms in total. The molecule has 0 bridgehead atoms. The van der Waals surface area contributed by atoms with Crippen molar-refractivity contribution in [3.8, 4) is 0 Å². The van der Waals surface area contributed by atoms with Gasteiger partial charge in [0.15, 0.2) is 0 Å². The minimum atomic E-state index is 0.623. The van der Waals surface area contributed by atoms with Crippen LogP contribution in [0, 0.1) is 0 Å². The molecule has 2 heteroatoms. The number of rotatable bonds is 3. The molecule has 0 rings (SSSR count). The second kappa shape index (κ2) is 4.68. The molecule has 0 saturated heterocycles. The summed E-state index contributed by atoms with van der Waals surface area (Å²) in [7, 11) is 1.58. The molecule has 0 unspecified atom stereocenters. The zero-order chi connectivity index (χ0) is 7.98. The molecule has 0 aliphatic heterocycles. The molecule has 0 heterocycles. The molecule has 2 N–H and O–H groups in total. The fourth-order valence-electron chi connectivity index (χ4n) is 0.375. The van der Waals surface area contributed by atoms with Crippen LogP contribution in [0.5, 0.6) is 0 Å². The highest BCUT2D eigenvalue weighted by molar-refractivity contribution is 5.16. The maximum absolute atomic E-state index is 5.36. The van der Waals surface area contributed by atoms with E-state index in [1.54, 1.807) is 25.3 Å². The van der Waals surface area contributed by atoms with E-state index in [0.717, 1.165) is 5.70 Å². The van der Waals surface area contributed by atoms with E-state index in [1.807, 2.05) is 6.92 Å². The first kappa shape index (κ1) is 8.82. The van der Waals surface area contributed by atoms with E-state index in [1.165, 1.54) is 0 Å². The highest BCUT2D eigenvalue weighted by Gasteiger charge is 1.78. The molecule has 0 aliphatic carbocycles. The Labute approximate surface area is 61.7 Å². The summed E-state index contributed by atoms with van der Waals surface area (Å²) in [5.41, 5.74) is 6.12. The average Bonchev–Trinajstić information content (AvgIpc) is 1.87. The van der Waals surface area contributed by atoms with Crippen molar-refractivity contribution in [3.05, 3.63) is 36.3 Å². The number of hydrogen-bond donors (Lipinski definition) is 1. The van der Waals surface area contributed by atoms with Crippen LogP contribution in [0.2, 0.25) is 0 Å². The first-order valence-electron chi connectivity index (χ1n) is 3.00. The van der Waals surface area contributed by atoms with Crippen LogP contribution in [0.25, 0.3) is 0 Å². The Morgan fingerprint density at radius 2 is 2.20 bits per heavy atom. The Morgan fingerprint density at radius 3 is 2.60 bits per heavy atom. The fourth-order valence-corrected chi connectivity index (χ4v) is 0.375. The molecule has 56 valence electrons. The maximum atomic E-state index is 5.36. The normalized spacial score (nSPS) is 12.0. The Kier molecular flexibility index (Phi) is 4.12. The summed E-state index contributed by atoms with van der Waals surface area (Å²) >= 11 is 0. The summed E-state index contributed by atoms with van der Waals surface area (Å²) in [6, 6.07) is 0. The smallest absolute Gasteiger partial charge is 0.111 e. The van der Waals surface area contributed by atoms with Crippen LogP contribution in [0.3, 0.4) is 0 Å². The summed E-state index contributed by atoms with van der Waals surface area (Å²) in [6.07, 6.45) is 5.32. The van der Waals surface area contributed by atoms with Crippen molar-refractivity contribution in [3.63, 3.8) is 0 Å². The third-order valence-corrected chi connectivity index (χ3v) is 0.903. The largest absolute Gasteiger partial charge is 0.497 e. The van der Waals surface area contributed by atoms with E-state index in [0.29, 0.717) is 5.76 Å². The van der Waals surface area contributed by atoms with Gasteiger partial charge in [-0.2, -0.15) is 0 Å². The molecule has 0 amide bonds. The highest BCUT2D eigenvalue weighted by Crippen LogP contribution is 1.92. The van der Waals surface area contributed by atoms with Crippen LogP contribution in [-0.2, 0) is 4.74 Å². The Hall–Kier alpha value is -1.18. The van der Waals surface area contributed by atoms with Gasteiger partial charge < -0.3 is 10.5 Å². The van der Waals surface area contributed by atoms with E-state index in [2.05, 4.69) is 6.58 Å². The van der Waals surface area contributed by atoms with Crippen LogP contribution in [0.1, 0.15) is 6.92 Å². The number of hydrogen-bond acceptors (Lipinski definition) is 2. The second-order valence-electron chi connectivity index (χ2n) is 1.94. The van der Waals surface area contributed by atoms with Gasteiger partial charge in [0, 0.05) is 5.70 Å². The van der Waals surface area contributed by atoms with Crippen molar-refractivity contribution in [1.82, 2.24) is 0 Å². The lowest BCUT2D eigenvalue weighted by Crippen LogP contribution is -1.87. The van der Waals surface area contributed by atoms with Crippen molar-refractivity contribution in [1.29, 1.82) is 0 Å². The molecular weight excluding hydrogens is 126 g/mol. The molecule has 0 fully saturated rings. The van der Waals surface area contributed by atoms with Crippen molar-refractivity contribution in [2.75, 3.05) is 7.11 Å². The molecule has 0 radical (unpaired) electrons. The Balaban J connectivity index is 3.77. The summed E-state index contributed by atoms with van der Waals surface area (Å²) < 4.78 is 4.78. The van der Waals surface area contributed by atoms with Gasteiger partial charge in [0.25, 0.3) is 0 Å².